The van der Waals surface area contributed by atoms with Gasteiger partial charge >= 0.3 is 0 Å². The largest absolute Gasteiger partial charge is 0.378 e. The van der Waals surface area contributed by atoms with Crippen LogP contribution in [0.5, 0.6) is 0 Å². The number of nitrogens with one attached hydrogen (secondary N) is 1. The van der Waals surface area contributed by atoms with Crippen LogP contribution in [0.25, 0.3) is 0 Å². The van der Waals surface area contributed by atoms with Gasteiger partial charge < -0.3 is 20.3 Å². The van der Waals surface area contributed by atoms with Gasteiger partial charge in [-0.1, -0.05) is 5.21 Å². The van der Waals surface area contributed by atoms with Gasteiger partial charge in [0.2, 0.25) is 5.91 Å². The summed E-state index contributed by atoms with van der Waals surface area (Å²) >= 11 is 0. The van der Waals surface area contributed by atoms with Crippen LogP contribution in [0.2, 0.25) is 0 Å². The van der Waals surface area contributed by atoms with Crippen LogP contribution in [0.15, 0.2) is 6.20 Å². The van der Waals surface area contributed by atoms with E-state index in [1.54, 1.807) is 4.90 Å². The van der Waals surface area contributed by atoms with E-state index >= 15 is 0 Å². The smallest absolute Gasteiger partial charge is 0.231 e. The molecule has 0 aromatic carbocycles. The molecule has 5 rings (SSSR count). The molecule has 1 unspecified atom stereocenters. The summed E-state index contributed by atoms with van der Waals surface area (Å²) in [6, 6.07) is 0.553. The molecule has 5 heterocycles. The number of amides is 1. The number of hydrogen-bond acceptors (Lipinski definition) is 4. The summed E-state index contributed by atoms with van der Waals surface area (Å²) in [7, 11) is 0. The van der Waals surface area contributed by atoms with Gasteiger partial charge in [0, 0.05) is 25.9 Å². The molecule has 1 amide bonds. The quantitative estimate of drug-likeness (QED) is 0.620. The number of hydrogen-bond donors (Lipinski definition) is 2. The summed E-state index contributed by atoms with van der Waals surface area (Å²) in [5, 5.41) is 8.35. The van der Waals surface area contributed by atoms with Gasteiger partial charge in [-0.25, -0.2) is 4.68 Å². The number of fused-ring (bicyclic) bond motifs is 3. The molecular formula is C16H28N6O2+2. The second-order valence-corrected chi connectivity index (χ2v) is 7.32. The molecule has 4 fully saturated rings. The van der Waals surface area contributed by atoms with Crippen LogP contribution in [0, 0.1) is 11.8 Å². The summed E-state index contributed by atoms with van der Waals surface area (Å²) in [6.07, 6.45) is 4.30. The van der Waals surface area contributed by atoms with E-state index in [0.717, 1.165) is 38.3 Å². The normalized spacial score (nSPS) is 33.0. The van der Waals surface area contributed by atoms with Crippen molar-refractivity contribution < 1.29 is 20.2 Å². The Balaban J connectivity index is 1.39. The Morgan fingerprint density at radius 3 is 2.92 bits per heavy atom. The molecule has 0 radical (unpaired) electrons. The summed E-state index contributed by atoms with van der Waals surface area (Å²) in [6.45, 7) is 6.62. The van der Waals surface area contributed by atoms with Crippen molar-refractivity contribution in [1.29, 1.82) is 0 Å². The average Bonchev–Trinajstić information content (AvgIpc) is 3.10. The lowest BCUT2D eigenvalue weighted by Gasteiger charge is -2.47. The predicted octanol–water partition coefficient (Wildman–Crippen LogP) is -2.83. The van der Waals surface area contributed by atoms with E-state index < -0.39 is 0 Å². The van der Waals surface area contributed by atoms with Crippen LogP contribution in [0.1, 0.15) is 18.5 Å². The number of ether oxygens (including phenoxy) is 1. The van der Waals surface area contributed by atoms with E-state index in [2.05, 4.69) is 16.0 Å². The number of carbonyl (C=O) groups is 1. The number of rotatable bonds is 4. The second kappa shape index (κ2) is 6.78. The van der Waals surface area contributed by atoms with Crippen molar-refractivity contribution in [2.45, 2.75) is 32.0 Å². The molecule has 8 nitrogen and oxygen atoms in total. The lowest BCUT2D eigenvalue weighted by molar-refractivity contribution is -0.945. The Bertz CT molecular complexity index is 585. The van der Waals surface area contributed by atoms with Crippen molar-refractivity contribution in [2.24, 2.45) is 11.8 Å². The summed E-state index contributed by atoms with van der Waals surface area (Å²) in [5.74, 6) is 1.09. The van der Waals surface area contributed by atoms with Crippen LogP contribution in [-0.4, -0.2) is 71.2 Å². The van der Waals surface area contributed by atoms with E-state index in [4.69, 9.17) is 4.74 Å². The van der Waals surface area contributed by atoms with Crippen molar-refractivity contribution in [2.75, 3.05) is 39.4 Å². The van der Waals surface area contributed by atoms with Crippen molar-refractivity contribution in [3.63, 3.8) is 0 Å². The molecule has 4 atom stereocenters. The highest BCUT2D eigenvalue weighted by Gasteiger charge is 2.47. The SMILES string of the molecule is [NH3+]Cc1cn(C[C@H]2C[C@H]3CC[NH+]2C[C@@H]3C(=O)N2CCOCC2)nn1. The molecule has 4 aliphatic heterocycles. The Morgan fingerprint density at radius 2 is 2.25 bits per heavy atom. The predicted molar refractivity (Wildman–Crippen MR) is 84.7 cm³/mol. The molecule has 24 heavy (non-hydrogen) atoms. The Hall–Kier alpha value is -1.51. The monoisotopic (exact) mass is 336 g/mol. The third-order valence-corrected chi connectivity index (χ3v) is 5.94. The van der Waals surface area contributed by atoms with E-state index in [9.17, 15) is 4.79 Å². The molecule has 8 heteroatoms. The minimum absolute atomic E-state index is 0.203. The van der Waals surface area contributed by atoms with Gasteiger partial charge in [0.15, 0.2) is 0 Å². The first-order valence-corrected chi connectivity index (χ1v) is 9.14. The molecule has 0 aliphatic carbocycles. The minimum Gasteiger partial charge on any atom is -0.378 e. The van der Waals surface area contributed by atoms with Crippen molar-refractivity contribution in [1.82, 2.24) is 19.9 Å². The lowest BCUT2D eigenvalue weighted by atomic mass is 9.75. The number of morpholine rings is 1. The highest BCUT2D eigenvalue weighted by atomic mass is 16.5. The Labute approximate surface area is 141 Å². The molecule has 2 bridgehead atoms. The Morgan fingerprint density at radius 1 is 1.42 bits per heavy atom. The van der Waals surface area contributed by atoms with Crippen molar-refractivity contribution in [3.05, 3.63) is 11.9 Å². The highest BCUT2D eigenvalue weighted by molar-refractivity contribution is 5.79. The summed E-state index contributed by atoms with van der Waals surface area (Å²) in [4.78, 5) is 16.5. The molecule has 4 saturated heterocycles. The molecule has 4 N–H and O–H groups in total. The Kier molecular flexibility index (Phi) is 4.51. The molecular weight excluding hydrogens is 308 g/mol. The van der Waals surface area contributed by atoms with Gasteiger partial charge in [0.05, 0.1) is 45.0 Å². The maximum absolute atomic E-state index is 12.9. The zero-order chi connectivity index (χ0) is 16.5. The fourth-order valence-corrected chi connectivity index (χ4v) is 4.59. The van der Waals surface area contributed by atoms with Crippen LogP contribution >= 0.6 is 0 Å². The minimum atomic E-state index is 0.203. The van der Waals surface area contributed by atoms with Gasteiger partial charge in [-0.3, -0.25) is 4.79 Å². The number of quaternary nitrogens is 2. The van der Waals surface area contributed by atoms with Gasteiger partial charge in [-0.15, -0.1) is 5.10 Å². The molecule has 1 aromatic heterocycles. The first kappa shape index (κ1) is 16.0. The molecule has 4 aliphatic rings. The topological polar surface area (TPSA) is 92.3 Å². The number of carbonyl (C=O) groups excluding carboxylic acids is 1. The fraction of sp³-hybridized carbons (Fsp3) is 0.812. The fourth-order valence-electron chi connectivity index (χ4n) is 4.59. The molecule has 0 saturated carbocycles. The van der Waals surface area contributed by atoms with Crippen LogP contribution < -0.4 is 10.6 Å². The number of nitrogens with zero attached hydrogens (tertiary/aromatic N) is 4. The molecule has 132 valence electrons. The maximum Gasteiger partial charge on any atom is 0.231 e. The average molecular weight is 336 g/mol. The highest BCUT2D eigenvalue weighted by Crippen LogP contribution is 2.29. The number of aromatic nitrogens is 3. The van der Waals surface area contributed by atoms with Crippen molar-refractivity contribution in [3.8, 4) is 0 Å². The summed E-state index contributed by atoms with van der Waals surface area (Å²) in [5.41, 5.74) is 4.80. The van der Waals surface area contributed by atoms with Gasteiger partial charge in [-0.05, 0) is 5.92 Å². The van der Waals surface area contributed by atoms with Crippen LogP contribution in [-0.2, 0) is 22.6 Å². The second-order valence-electron chi connectivity index (χ2n) is 7.32. The third kappa shape index (κ3) is 3.05. The van der Waals surface area contributed by atoms with Crippen molar-refractivity contribution >= 4 is 5.91 Å². The maximum atomic E-state index is 12.9. The first-order valence-electron chi connectivity index (χ1n) is 9.14. The van der Waals surface area contributed by atoms with Gasteiger partial charge in [0.25, 0.3) is 0 Å². The lowest BCUT2D eigenvalue weighted by Crippen LogP contribution is -3.20. The van der Waals surface area contributed by atoms with Crippen LogP contribution in [0.3, 0.4) is 0 Å². The van der Waals surface area contributed by atoms with Gasteiger partial charge in [0.1, 0.15) is 18.3 Å². The zero-order valence-electron chi connectivity index (χ0n) is 14.2. The zero-order valence-corrected chi connectivity index (χ0v) is 14.2. The first-order chi connectivity index (χ1) is 11.7. The number of piperidine rings is 3. The van der Waals surface area contributed by atoms with E-state index in [1.165, 1.54) is 13.0 Å². The molecule has 0 spiro atoms. The van der Waals surface area contributed by atoms with Crippen LogP contribution in [0.4, 0.5) is 0 Å². The third-order valence-electron chi connectivity index (χ3n) is 5.94. The standard InChI is InChI=1S/C16H26N6O2/c17-8-13-9-22(19-18-13)10-14-7-12-1-2-21(14)11-15(12)16(23)20-3-5-24-6-4-20/h9,12,14-15H,1-8,10-11,17H2/p+2/t12-,14-,15+/m1/s1. The summed E-state index contributed by atoms with van der Waals surface area (Å²) < 4.78 is 7.33. The van der Waals surface area contributed by atoms with E-state index in [-0.39, 0.29) is 5.92 Å². The molecule has 1 aromatic rings. The van der Waals surface area contributed by atoms with Gasteiger partial charge in [-0.2, -0.15) is 0 Å². The van der Waals surface area contributed by atoms with E-state index in [1.807, 2.05) is 15.8 Å². The van der Waals surface area contributed by atoms with E-state index in [0.29, 0.717) is 37.6 Å².